The highest BCUT2D eigenvalue weighted by molar-refractivity contribution is 5.71. The predicted molar refractivity (Wildman–Crippen MR) is 59.3 cm³/mol. The van der Waals surface area contributed by atoms with Gasteiger partial charge in [-0.15, -0.1) is 0 Å². The molecule has 3 heteroatoms. The normalized spacial score (nSPS) is 10.0. The van der Waals surface area contributed by atoms with Crippen LogP contribution in [-0.2, 0) is 0 Å². The lowest BCUT2D eigenvalue weighted by atomic mass is 10.1. The fraction of sp³-hybridized carbons (Fsp3) is 0.167. The summed E-state index contributed by atoms with van der Waals surface area (Å²) in [6.45, 7) is 0. The Hall–Kier alpha value is -1.90. The topological polar surface area (TPSA) is 34.2 Å². The zero-order chi connectivity index (χ0) is 10.7. The van der Waals surface area contributed by atoms with Crippen molar-refractivity contribution in [2.75, 3.05) is 14.2 Å². The lowest BCUT2D eigenvalue weighted by Gasteiger charge is -2.08. The minimum atomic E-state index is 0.797. The van der Waals surface area contributed by atoms with E-state index >= 15 is 0 Å². The molecule has 2 rings (SSSR count). The van der Waals surface area contributed by atoms with E-state index in [2.05, 4.69) is 4.98 Å². The number of methoxy groups -OCH3 is 2. The van der Waals surface area contributed by atoms with Crippen LogP contribution < -0.4 is 9.47 Å². The minimum absolute atomic E-state index is 0.797. The molecular weight excluding hydrogens is 190 g/mol. The van der Waals surface area contributed by atoms with Gasteiger partial charge in [-0.1, -0.05) is 0 Å². The van der Waals surface area contributed by atoms with Crippen molar-refractivity contribution in [2.45, 2.75) is 0 Å². The summed E-state index contributed by atoms with van der Waals surface area (Å²) >= 11 is 0. The zero-order valence-corrected chi connectivity index (χ0v) is 8.78. The van der Waals surface area contributed by atoms with Gasteiger partial charge in [-0.25, -0.2) is 0 Å². The van der Waals surface area contributed by atoms with E-state index in [1.54, 1.807) is 14.2 Å². The van der Waals surface area contributed by atoms with Gasteiger partial charge in [0.1, 0.15) is 11.5 Å². The van der Waals surface area contributed by atoms with Gasteiger partial charge in [0.05, 0.1) is 14.2 Å². The number of aromatic amines is 1. The molecule has 1 N–H and O–H groups in total. The second kappa shape index (κ2) is 4.09. The second-order valence-electron chi connectivity index (χ2n) is 3.17. The molecule has 0 bridgehead atoms. The summed E-state index contributed by atoms with van der Waals surface area (Å²) < 4.78 is 10.5. The van der Waals surface area contributed by atoms with Crippen molar-refractivity contribution < 1.29 is 9.47 Å². The van der Waals surface area contributed by atoms with Crippen LogP contribution in [0.4, 0.5) is 0 Å². The van der Waals surface area contributed by atoms with Crippen LogP contribution in [0.3, 0.4) is 0 Å². The summed E-state index contributed by atoms with van der Waals surface area (Å²) in [7, 11) is 3.30. The average molecular weight is 203 g/mol. The number of hydrogen-bond donors (Lipinski definition) is 1. The van der Waals surface area contributed by atoms with Crippen molar-refractivity contribution in [3.05, 3.63) is 36.7 Å². The predicted octanol–water partition coefficient (Wildman–Crippen LogP) is 2.70. The van der Waals surface area contributed by atoms with Crippen molar-refractivity contribution in [2.24, 2.45) is 0 Å². The molecule has 2 aromatic rings. The maximum atomic E-state index is 5.32. The highest BCUT2D eigenvalue weighted by atomic mass is 16.5. The van der Waals surface area contributed by atoms with Crippen LogP contribution in [0.5, 0.6) is 11.5 Å². The van der Waals surface area contributed by atoms with Crippen LogP contribution in [0.25, 0.3) is 11.1 Å². The number of H-pyrrole nitrogens is 1. The van der Waals surface area contributed by atoms with E-state index < -0.39 is 0 Å². The Bertz CT molecular complexity index is 435. The molecule has 0 amide bonds. The van der Waals surface area contributed by atoms with Crippen LogP contribution >= 0.6 is 0 Å². The molecule has 1 heterocycles. The van der Waals surface area contributed by atoms with E-state index in [4.69, 9.17) is 9.47 Å². The van der Waals surface area contributed by atoms with Gasteiger partial charge in [0, 0.05) is 29.6 Å². The molecule has 0 saturated heterocycles. The molecule has 1 aromatic carbocycles. The number of hydrogen-bond acceptors (Lipinski definition) is 2. The SMILES string of the molecule is COc1ccc(-c2cc[nH]c2)c(OC)c1. The van der Waals surface area contributed by atoms with E-state index in [1.165, 1.54) is 0 Å². The maximum Gasteiger partial charge on any atom is 0.130 e. The number of rotatable bonds is 3. The fourth-order valence-electron chi connectivity index (χ4n) is 1.53. The van der Waals surface area contributed by atoms with E-state index in [1.807, 2.05) is 36.7 Å². The Morgan fingerprint density at radius 2 is 1.93 bits per heavy atom. The third kappa shape index (κ3) is 1.81. The molecule has 0 spiro atoms. The maximum absolute atomic E-state index is 5.32. The van der Waals surface area contributed by atoms with Crippen LogP contribution in [0.15, 0.2) is 36.7 Å². The molecule has 0 atom stereocenters. The molecule has 0 aliphatic rings. The summed E-state index contributed by atoms with van der Waals surface area (Å²) in [5.41, 5.74) is 2.16. The van der Waals surface area contributed by atoms with Crippen molar-refractivity contribution in [1.29, 1.82) is 0 Å². The van der Waals surface area contributed by atoms with Crippen molar-refractivity contribution in [3.63, 3.8) is 0 Å². The molecular formula is C12H13NO2. The molecule has 78 valence electrons. The van der Waals surface area contributed by atoms with Crippen LogP contribution in [0.2, 0.25) is 0 Å². The summed E-state index contributed by atoms with van der Waals surface area (Å²) in [5.74, 6) is 1.61. The number of nitrogens with one attached hydrogen (secondary N) is 1. The van der Waals surface area contributed by atoms with Gasteiger partial charge >= 0.3 is 0 Å². The molecule has 3 nitrogen and oxygen atoms in total. The monoisotopic (exact) mass is 203 g/mol. The highest BCUT2D eigenvalue weighted by Crippen LogP contribution is 2.32. The highest BCUT2D eigenvalue weighted by Gasteiger charge is 2.06. The Morgan fingerprint density at radius 3 is 2.53 bits per heavy atom. The van der Waals surface area contributed by atoms with Gasteiger partial charge in [0.15, 0.2) is 0 Å². The first kappa shape index (κ1) is 9.65. The number of ether oxygens (including phenoxy) is 2. The molecule has 0 aliphatic carbocycles. The Morgan fingerprint density at radius 1 is 1.07 bits per heavy atom. The fourth-order valence-corrected chi connectivity index (χ4v) is 1.53. The van der Waals surface area contributed by atoms with Gasteiger partial charge in [0.2, 0.25) is 0 Å². The largest absolute Gasteiger partial charge is 0.497 e. The van der Waals surface area contributed by atoms with E-state index in [0.29, 0.717) is 0 Å². The minimum Gasteiger partial charge on any atom is -0.497 e. The van der Waals surface area contributed by atoms with Gasteiger partial charge < -0.3 is 14.5 Å². The first-order valence-corrected chi connectivity index (χ1v) is 4.70. The van der Waals surface area contributed by atoms with Gasteiger partial charge in [-0.05, 0) is 18.2 Å². The van der Waals surface area contributed by atoms with E-state index in [9.17, 15) is 0 Å². The number of benzene rings is 1. The van der Waals surface area contributed by atoms with Crippen LogP contribution in [0, 0.1) is 0 Å². The van der Waals surface area contributed by atoms with Gasteiger partial charge in [-0.2, -0.15) is 0 Å². The summed E-state index contributed by atoms with van der Waals surface area (Å²) in [4.78, 5) is 3.02. The zero-order valence-electron chi connectivity index (χ0n) is 8.78. The molecule has 0 fully saturated rings. The van der Waals surface area contributed by atoms with E-state index in [-0.39, 0.29) is 0 Å². The third-order valence-electron chi connectivity index (χ3n) is 2.32. The van der Waals surface area contributed by atoms with Crippen molar-refractivity contribution in [1.82, 2.24) is 4.98 Å². The second-order valence-corrected chi connectivity index (χ2v) is 3.17. The molecule has 0 aliphatic heterocycles. The Labute approximate surface area is 88.7 Å². The smallest absolute Gasteiger partial charge is 0.130 e. The molecule has 0 unspecified atom stereocenters. The molecule has 15 heavy (non-hydrogen) atoms. The lowest BCUT2D eigenvalue weighted by Crippen LogP contribution is -1.89. The van der Waals surface area contributed by atoms with Gasteiger partial charge in [-0.3, -0.25) is 0 Å². The first-order chi connectivity index (χ1) is 7.35. The first-order valence-electron chi connectivity index (χ1n) is 4.70. The average Bonchev–Trinajstić information content (AvgIpc) is 2.81. The quantitative estimate of drug-likeness (QED) is 0.832. The third-order valence-corrected chi connectivity index (χ3v) is 2.32. The van der Waals surface area contributed by atoms with Crippen molar-refractivity contribution >= 4 is 0 Å². The molecule has 0 radical (unpaired) electrons. The lowest BCUT2D eigenvalue weighted by molar-refractivity contribution is 0.395. The molecule has 0 saturated carbocycles. The summed E-state index contributed by atoms with van der Waals surface area (Å²) in [6, 6.07) is 7.79. The summed E-state index contributed by atoms with van der Waals surface area (Å²) in [5, 5.41) is 0. The van der Waals surface area contributed by atoms with Crippen LogP contribution in [0.1, 0.15) is 0 Å². The van der Waals surface area contributed by atoms with E-state index in [0.717, 1.165) is 22.6 Å². The Balaban J connectivity index is 2.48. The Kier molecular flexibility index (Phi) is 2.63. The standard InChI is InChI=1S/C12H13NO2/c1-14-10-3-4-11(12(7-10)15-2)9-5-6-13-8-9/h3-8,13H,1-2H3. The van der Waals surface area contributed by atoms with Gasteiger partial charge in [0.25, 0.3) is 0 Å². The van der Waals surface area contributed by atoms with Crippen molar-refractivity contribution in [3.8, 4) is 22.6 Å². The molecule has 1 aromatic heterocycles. The summed E-state index contributed by atoms with van der Waals surface area (Å²) in [6.07, 6.45) is 3.82. The van der Waals surface area contributed by atoms with Crippen LogP contribution in [-0.4, -0.2) is 19.2 Å². The number of aromatic nitrogens is 1.